The van der Waals surface area contributed by atoms with Gasteiger partial charge in [-0.3, -0.25) is 9.59 Å². The lowest BCUT2D eigenvalue weighted by Gasteiger charge is -2.25. The van der Waals surface area contributed by atoms with Gasteiger partial charge in [0.15, 0.2) is 0 Å². The van der Waals surface area contributed by atoms with Gasteiger partial charge >= 0.3 is 0 Å². The lowest BCUT2D eigenvalue weighted by molar-refractivity contribution is -0.146. The van der Waals surface area contributed by atoms with Crippen LogP contribution in [-0.2, 0) is 16.0 Å². The van der Waals surface area contributed by atoms with Crippen LogP contribution in [0.4, 0.5) is 0 Å². The van der Waals surface area contributed by atoms with Crippen LogP contribution in [0, 0.1) is 0 Å². The smallest absolute Gasteiger partial charge is 0.252 e. The Morgan fingerprint density at radius 3 is 2.50 bits per heavy atom. The molecule has 0 spiro atoms. The molecule has 1 heterocycles. The number of likely N-dealkylation sites (tertiary alicyclic amines) is 1. The van der Waals surface area contributed by atoms with E-state index in [4.69, 9.17) is 5.73 Å². The van der Waals surface area contributed by atoms with Crippen molar-refractivity contribution in [1.82, 2.24) is 4.90 Å². The van der Waals surface area contributed by atoms with Crippen LogP contribution in [-0.4, -0.2) is 62.9 Å². The Morgan fingerprint density at radius 2 is 1.91 bits per heavy atom. The topological polar surface area (TPSA) is 124 Å². The van der Waals surface area contributed by atoms with Gasteiger partial charge in [0.2, 0.25) is 5.91 Å². The van der Waals surface area contributed by atoms with E-state index >= 15 is 0 Å². The normalized spacial score (nSPS) is 26.0. The Morgan fingerprint density at radius 1 is 1.27 bits per heavy atom. The van der Waals surface area contributed by atoms with Gasteiger partial charge in [-0.2, -0.15) is 0 Å². The summed E-state index contributed by atoms with van der Waals surface area (Å²) in [5, 5.41) is 29.3. The third-order valence-corrected chi connectivity index (χ3v) is 3.85. The molecule has 7 nitrogen and oxygen atoms in total. The van der Waals surface area contributed by atoms with E-state index in [1.807, 2.05) is 30.3 Å². The van der Waals surface area contributed by atoms with Crippen molar-refractivity contribution in [3.63, 3.8) is 0 Å². The Hall–Kier alpha value is -1.96. The molecule has 1 saturated heterocycles. The predicted molar refractivity (Wildman–Crippen MR) is 77.5 cm³/mol. The standard InChI is InChI=1S/C15H20N2O5/c16-14(21)12-13(20)11(19)8-17(12)15(22)10(18)7-6-9-4-2-1-3-5-9/h1-5,10-13,18-20H,6-8H2,(H2,16,21)/t10-,11-,12?,13-/m1/s1. The average molecular weight is 308 g/mol. The number of β-amino-alcohol motifs (C(OH)–C–C–N with tert-alkyl or cyclic N) is 1. The van der Waals surface area contributed by atoms with Crippen LogP contribution in [0.25, 0.3) is 0 Å². The van der Waals surface area contributed by atoms with Crippen molar-refractivity contribution >= 4 is 11.8 Å². The number of nitrogens with zero attached hydrogens (tertiary/aromatic N) is 1. The van der Waals surface area contributed by atoms with Crippen LogP contribution in [0.5, 0.6) is 0 Å². The number of amides is 2. The third-order valence-electron chi connectivity index (χ3n) is 3.85. The molecular weight excluding hydrogens is 288 g/mol. The van der Waals surface area contributed by atoms with Crippen molar-refractivity contribution in [1.29, 1.82) is 0 Å². The Labute approximate surface area is 128 Å². The van der Waals surface area contributed by atoms with Crippen LogP contribution in [0.15, 0.2) is 30.3 Å². The van der Waals surface area contributed by atoms with E-state index in [0.717, 1.165) is 10.5 Å². The van der Waals surface area contributed by atoms with Crippen LogP contribution in [0.2, 0.25) is 0 Å². The van der Waals surface area contributed by atoms with Gasteiger partial charge in [-0.1, -0.05) is 30.3 Å². The first kappa shape index (κ1) is 16.4. The molecule has 1 fully saturated rings. The van der Waals surface area contributed by atoms with E-state index < -0.39 is 36.2 Å². The number of hydrogen-bond donors (Lipinski definition) is 4. The fourth-order valence-corrected chi connectivity index (χ4v) is 2.63. The minimum Gasteiger partial charge on any atom is -0.388 e. The van der Waals surface area contributed by atoms with Crippen LogP contribution >= 0.6 is 0 Å². The van der Waals surface area contributed by atoms with Crippen molar-refractivity contribution in [2.24, 2.45) is 5.73 Å². The third kappa shape index (κ3) is 3.44. The molecule has 2 amide bonds. The second-order valence-electron chi connectivity index (χ2n) is 5.44. The number of aryl methyl sites for hydroxylation is 1. The Kier molecular flexibility index (Phi) is 5.12. The highest BCUT2D eigenvalue weighted by molar-refractivity contribution is 5.89. The molecule has 1 aromatic carbocycles. The van der Waals surface area contributed by atoms with E-state index in [0.29, 0.717) is 6.42 Å². The molecule has 0 saturated carbocycles. The maximum atomic E-state index is 12.2. The quantitative estimate of drug-likeness (QED) is 0.521. The van der Waals surface area contributed by atoms with Gasteiger partial charge in [0.25, 0.3) is 5.91 Å². The first-order valence-electron chi connectivity index (χ1n) is 7.09. The molecule has 22 heavy (non-hydrogen) atoms. The number of nitrogens with two attached hydrogens (primary N) is 1. The van der Waals surface area contributed by atoms with E-state index in [2.05, 4.69) is 0 Å². The summed E-state index contributed by atoms with van der Waals surface area (Å²) < 4.78 is 0. The molecule has 0 aromatic heterocycles. The lowest BCUT2D eigenvalue weighted by atomic mass is 10.1. The minimum absolute atomic E-state index is 0.178. The molecule has 0 radical (unpaired) electrons. The molecule has 0 bridgehead atoms. The number of benzene rings is 1. The summed E-state index contributed by atoms with van der Waals surface area (Å²) in [6, 6.07) is 8.04. The molecule has 2 rings (SSSR count). The molecule has 5 N–H and O–H groups in total. The number of aliphatic hydroxyl groups excluding tert-OH is 3. The van der Waals surface area contributed by atoms with Gasteiger partial charge < -0.3 is 26.0 Å². The summed E-state index contributed by atoms with van der Waals surface area (Å²) in [5.74, 6) is -1.62. The summed E-state index contributed by atoms with van der Waals surface area (Å²) in [4.78, 5) is 24.5. The summed E-state index contributed by atoms with van der Waals surface area (Å²) >= 11 is 0. The van der Waals surface area contributed by atoms with Gasteiger partial charge in [-0.05, 0) is 18.4 Å². The van der Waals surface area contributed by atoms with Gasteiger partial charge in [0.05, 0.1) is 12.6 Å². The highest BCUT2D eigenvalue weighted by Crippen LogP contribution is 2.20. The number of hydrogen-bond acceptors (Lipinski definition) is 5. The summed E-state index contributed by atoms with van der Waals surface area (Å²) in [5.41, 5.74) is 6.13. The molecular formula is C15H20N2O5. The zero-order valence-electron chi connectivity index (χ0n) is 12.0. The zero-order chi connectivity index (χ0) is 16.3. The second kappa shape index (κ2) is 6.87. The SMILES string of the molecule is NC(=O)C1[C@H](O)[C@H](O)CN1C(=O)[C@H](O)CCc1ccccc1. The molecule has 1 aliphatic rings. The van der Waals surface area contributed by atoms with Crippen molar-refractivity contribution in [2.75, 3.05) is 6.54 Å². The van der Waals surface area contributed by atoms with Crippen molar-refractivity contribution in [3.05, 3.63) is 35.9 Å². The van der Waals surface area contributed by atoms with Gasteiger partial charge in [0.1, 0.15) is 18.2 Å². The first-order valence-corrected chi connectivity index (χ1v) is 7.09. The Bertz CT molecular complexity index is 536. The number of carbonyl (C=O) groups excluding carboxylic acids is 2. The van der Waals surface area contributed by atoms with Crippen molar-refractivity contribution in [2.45, 2.75) is 37.2 Å². The molecule has 4 atom stereocenters. The highest BCUT2D eigenvalue weighted by atomic mass is 16.3. The second-order valence-corrected chi connectivity index (χ2v) is 5.44. The maximum absolute atomic E-state index is 12.2. The van der Waals surface area contributed by atoms with Crippen LogP contribution in [0.3, 0.4) is 0 Å². The van der Waals surface area contributed by atoms with Gasteiger partial charge in [-0.25, -0.2) is 0 Å². The minimum atomic E-state index is -1.43. The predicted octanol–water partition coefficient (Wildman–Crippen LogP) is -1.60. The maximum Gasteiger partial charge on any atom is 0.252 e. The summed E-state index contributed by atoms with van der Waals surface area (Å²) in [6.45, 7) is -0.226. The lowest BCUT2D eigenvalue weighted by Crippen LogP contribution is -2.51. The van der Waals surface area contributed by atoms with Crippen LogP contribution < -0.4 is 5.73 Å². The summed E-state index contributed by atoms with van der Waals surface area (Å²) in [6.07, 6.45) is -3.32. The van der Waals surface area contributed by atoms with Gasteiger partial charge in [-0.15, -0.1) is 0 Å². The molecule has 1 aliphatic heterocycles. The zero-order valence-corrected chi connectivity index (χ0v) is 12.0. The number of primary amides is 1. The van der Waals surface area contributed by atoms with E-state index in [1.54, 1.807) is 0 Å². The highest BCUT2D eigenvalue weighted by Gasteiger charge is 2.46. The average Bonchev–Trinajstić information content (AvgIpc) is 2.80. The van der Waals surface area contributed by atoms with Crippen LogP contribution in [0.1, 0.15) is 12.0 Å². The number of carbonyl (C=O) groups is 2. The van der Waals surface area contributed by atoms with Crippen molar-refractivity contribution in [3.8, 4) is 0 Å². The van der Waals surface area contributed by atoms with Gasteiger partial charge in [0, 0.05) is 0 Å². The van der Waals surface area contributed by atoms with Crippen molar-refractivity contribution < 1.29 is 24.9 Å². The fraction of sp³-hybridized carbons (Fsp3) is 0.467. The monoisotopic (exact) mass is 308 g/mol. The summed E-state index contributed by atoms with van der Waals surface area (Å²) in [7, 11) is 0. The molecule has 120 valence electrons. The van der Waals surface area contributed by atoms with E-state index in [9.17, 15) is 24.9 Å². The largest absolute Gasteiger partial charge is 0.388 e. The van der Waals surface area contributed by atoms with E-state index in [-0.39, 0.29) is 13.0 Å². The van der Waals surface area contributed by atoms with E-state index in [1.165, 1.54) is 0 Å². The molecule has 0 aliphatic carbocycles. The number of rotatable bonds is 5. The Balaban J connectivity index is 1.99. The first-order chi connectivity index (χ1) is 10.4. The number of aliphatic hydroxyl groups is 3. The molecule has 1 unspecified atom stereocenters. The molecule has 7 heteroatoms. The molecule has 1 aromatic rings. The fourth-order valence-electron chi connectivity index (χ4n) is 2.63.